The second-order valence-electron chi connectivity index (χ2n) is 15.7. The number of ether oxygens (including phenoxy) is 2. The normalized spacial score (nSPS) is 13.5. The molecule has 0 spiro atoms. The largest absolute Gasteiger partial charge is 0.507 e. The number of nitrogens with zero attached hydrogens (tertiary/aromatic N) is 1. The lowest BCUT2D eigenvalue weighted by atomic mass is 9.73. The van der Waals surface area contributed by atoms with Crippen molar-refractivity contribution in [2.24, 2.45) is 4.99 Å². The molecule has 256 valence electrons. The first-order chi connectivity index (χ1) is 22.3. The summed E-state index contributed by atoms with van der Waals surface area (Å²) in [5, 5.41) is 25.6. The van der Waals surface area contributed by atoms with E-state index in [1.807, 2.05) is 87.5 Å². The minimum absolute atomic E-state index is 0.109. The number of benzene rings is 4. The molecule has 0 amide bonds. The van der Waals surface area contributed by atoms with Crippen LogP contribution in [0.2, 0.25) is 5.02 Å². The first-order valence-electron chi connectivity index (χ1n) is 16.5. The van der Waals surface area contributed by atoms with Gasteiger partial charge in [-0.15, -0.1) is 0 Å². The molecule has 4 rings (SSSR count). The minimum Gasteiger partial charge on any atom is -0.507 e. The van der Waals surface area contributed by atoms with E-state index in [9.17, 15) is 10.2 Å². The summed E-state index contributed by atoms with van der Waals surface area (Å²) in [4.78, 5) is 5.17. The predicted molar refractivity (Wildman–Crippen MR) is 200 cm³/mol. The molecule has 4 aromatic rings. The Hall–Kier alpha value is -3.80. The van der Waals surface area contributed by atoms with Crippen LogP contribution in [0, 0.1) is 0 Å². The number of phenolic OH excluding ortho intramolecular Hbond substituents is 1. The average molecular weight is 670 g/mol. The molecule has 0 aromatic heterocycles. The van der Waals surface area contributed by atoms with Crippen LogP contribution in [0.25, 0.3) is 0 Å². The van der Waals surface area contributed by atoms with E-state index in [0.717, 1.165) is 16.7 Å². The molecule has 1 atom stereocenters. The zero-order valence-electron chi connectivity index (χ0n) is 30.4. The SMILES string of the molecule is COc1ccc(C(C)(C)C)cc1C(O)(c1cc(C(C)(C)C)ccc1OC)C(Cc1ccccc1)N=Cc1cc(Cl)cc(C(C)(C)C)c1O. The van der Waals surface area contributed by atoms with Crippen molar-refractivity contribution in [2.75, 3.05) is 14.2 Å². The Bertz CT molecular complexity index is 1690. The van der Waals surface area contributed by atoms with Crippen LogP contribution < -0.4 is 9.47 Å². The lowest BCUT2D eigenvalue weighted by molar-refractivity contribution is 0.0475. The van der Waals surface area contributed by atoms with Crippen molar-refractivity contribution in [3.05, 3.63) is 123 Å². The van der Waals surface area contributed by atoms with Gasteiger partial charge in [0, 0.05) is 33.5 Å². The third-order valence-corrected chi connectivity index (χ3v) is 9.23. The Balaban J connectivity index is 2.14. The van der Waals surface area contributed by atoms with Gasteiger partial charge in [0.25, 0.3) is 0 Å². The minimum atomic E-state index is -1.76. The maximum atomic E-state index is 13.7. The fourth-order valence-electron chi connectivity index (χ4n) is 6.06. The van der Waals surface area contributed by atoms with Gasteiger partial charge in [0.1, 0.15) is 22.8 Å². The van der Waals surface area contributed by atoms with Gasteiger partial charge in [-0.05, 0) is 75.8 Å². The number of aliphatic hydroxyl groups is 1. The molecule has 0 saturated carbocycles. The molecule has 0 bridgehead atoms. The predicted octanol–water partition coefficient (Wildman–Crippen LogP) is 9.92. The monoisotopic (exact) mass is 669 g/mol. The van der Waals surface area contributed by atoms with Crippen molar-refractivity contribution < 1.29 is 19.7 Å². The van der Waals surface area contributed by atoms with Crippen LogP contribution >= 0.6 is 11.6 Å². The van der Waals surface area contributed by atoms with Crippen LogP contribution in [0.5, 0.6) is 17.2 Å². The van der Waals surface area contributed by atoms with E-state index < -0.39 is 11.6 Å². The molecule has 2 N–H and O–H groups in total. The molecule has 0 radical (unpaired) electrons. The summed E-state index contributed by atoms with van der Waals surface area (Å²) in [7, 11) is 3.23. The van der Waals surface area contributed by atoms with Crippen LogP contribution in [0.15, 0.2) is 83.9 Å². The van der Waals surface area contributed by atoms with Crippen molar-refractivity contribution in [2.45, 2.75) is 96.6 Å². The van der Waals surface area contributed by atoms with E-state index in [4.69, 9.17) is 26.1 Å². The number of halogens is 1. The molecule has 0 aliphatic carbocycles. The van der Waals surface area contributed by atoms with Crippen molar-refractivity contribution in [3.8, 4) is 17.2 Å². The Morgan fingerprint density at radius 1 is 0.688 bits per heavy atom. The molecule has 0 fully saturated rings. The number of phenols is 1. The Morgan fingerprint density at radius 2 is 1.19 bits per heavy atom. The molecule has 5 nitrogen and oxygen atoms in total. The number of aliphatic imine (C=N–C) groups is 1. The number of hydrogen-bond donors (Lipinski definition) is 2. The number of aromatic hydroxyl groups is 1. The van der Waals surface area contributed by atoms with E-state index in [1.165, 1.54) is 0 Å². The highest BCUT2D eigenvalue weighted by atomic mass is 35.5. The molecule has 48 heavy (non-hydrogen) atoms. The Labute approximate surface area is 292 Å². The third-order valence-electron chi connectivity index (χ3n) is 9.01. The lowest BCUT2D eigenvalue weighted by Gasteiger charge is -2.38. The van der Waals surface area contributed by atoms with E-state index in [-0.39, 0.29) is 22.0 Å². The maximum absolute atomic E-state index is 13.7. The highest BCUT2D eigenvalue weighted by molar-refractivity contribution is 6.31. The first kappa shape index (κ1) is 37.0. The van der Waals surface area contributed by atoms with Crippen LogP contribution in [0.3, 0.4) is 0 Å². The Kier molecular flexibility index (Phi) is 10.8. The molecular formula is C42H52ClNO4. The molecule has 1 unspecified atom stereocenters. The smallest absolute Gasteiger partial charge is 0.144 e. The van der Waals surface area contributed by atoms with Crippen molar-refractivity contribution in [3.63, 3.8) is 0 Å². The topological polar surface area (TPSA) is 71.3 Å². The second-order valence-corrected chi connectivity index (χ2v) is 16.2. The van der Waals surface area contributed by atoms with Crippen LogP contribution in [0.4, 0.5) is 0 Å². The number of rotatable bonds is 9. The Morgan fingerprint density at radius 3 is 1.62 bits per heavy atom. The standard InChI is InChI=1S/C42H52ClNO4/c1-39(2,3)29-17-19-35(47-10)32(23-29)42(46,33-24-30(40(4,5)6)18-20-36(33)48-11)37(21-27-15-13-12-14-16-27)44-26-28-22-31(43)25-34(38(28)45)41(7,8)9/h12-20,22-26,37,45-46H,21H2,1-11H3. The zero-order chi connectivity index (χ0) is 35.7. The van der Waals surface area contributed by atoms with Crippen molar-refractivity contribution in [1.29, 1.82) is 0 Å². The van der Waals surface area contributed by atoms with Crippen LogP contribution in [-0.2, 0) is 28.3 Å². The van der Waals surface area contributed by atoms with Gasteiger partial charge >= 0.3 is 0 Å². The third kappa shape index (κ3) is 7.90. The maximum Gasteiger partial charge on any atom is 0.144 e. The fraction of sp³-hybridized carbons (Fsp3) is 0.405. The molecule has 0 heterocycles. The molecule has 0 aliphatic rings. The number of methoxy groups -OCH3 is 2. The quantitative estimate of drug-likeness (QED) is 0.174. The van der Waals surface area contributed by atoms with Gasteiger partial charge in [-0.3, -0.25) is 4.99 Å². The van der Waals surface area contributed by atoms with Gasteiger partial charge in [0.15, 0.2) is 0 Å². The summed E-state index contributed by atoms with van der Waals surface area (Å²) >= 11 is 6.60. The second kappa shape index (κ2) is 14.0. The highest BCUT2D eigenvalue weighted by Gasteiger charge is 2.45. The summed E-state index contributed by atoms with van der Waals surface area (Å²) in [6.07, 6.45) is 2.00. The zero-order valence-corrected chi connectivity index (χ0v) is 31.2. The van der Waals surface area contributed by atoms with Gasteiger partial charge in [-0.25, -0.2) is 0 Å². The van der Waals surface area contributed by atoms with E-state index in [1.54, 1.807) is 32.6 Å². The van der Waals surface area contributed by atoms with E-state index in [2.05, 4.69) is 41.5 Å². The van der Waals surface area contributed by atoms with Crippen molar-refractivity contribution >= 4 is 17.8 Å². The molecule has 0 aliphatic heterocycles. The van der Waals surface area contributed by atoms with E-state index >= 15 is 0 Å². The van der Waals surface area contributed by atoms with Crippen molar-refractivity contribution in [1.82, 2.24) is 0 Å². The van der Waals surface area contributed by atoms with Gasteiger partial charge in [-0.1, -0.05) is 116 Å². The highest BCUT2D eigenvalue weighted by Crippen LogP contribution is 2.47. The molecule has 0 saturated heterocycles. The number of hydrogen-bond acceptors (Lipinski definition) is 5. The van der Waals surface area contributed by atoms with Gasteiger partial charge in [0.2, 0.25) is 0 Å². The van der Waals surface area contributed by atoms with E-state index in [0.29, 0.717) is 45.2 Å². The fourth-order valence-corrected chi connectivity index (χ4v) is 6.28. The molecule has 6 heteroatoms. The summed E-state index contributed by atoms with van der Waals surface area (Å²) in [5.74, 6) is 1.17. The summed E-state index contributed by atoms with van der Waals surface area (Å²) in [6.45, 7) is 19.0. The average Bonchev–Trinajstić information content (AvgIpc) is 3.02. The molecular weight excluding hydrogens is 618 g/mol. The summed E-state index contributed by atoms with van der Waals surface area (Å²) < 4.78 is 12.0. The van der Waals surface area contributed by atoms with Crippen LogP contribution in [-0.4, -0.2) is 36.7 Å². The first-order valence-corrected chi connectivity index (χ1v) is 16.9. The van der Waals surface area contributed by atoms with Crippen LogP contribution in [0.1, 0.15) is 101 Å². The van der Waals surface area contributed by atoms with Gasteiger partial charge in [0.05, 0.1) is 20.3 Å². The van der Waals surface area contributed by atoms with Gasteiger partial charge in [-0.2, -0.15) is 0 Å². The summed E-state index contributed by atoms with van der Waals surface area (Å²) in [5.41, 5.74) is 2.84. The lowest BCUT2D eigenvalue weighted by Crippen LogP contribution is -2.42. The van der Waals surface area contributed by atoms with Gasteiger partial charge < -0.3 is 19.7 Å². The summed E-state index contributed by atoms with van der Waals surface area (Å²) in [6, 6.07) is 24.7. The molecule has 4 aromatic carbocycles.